The molecule has 0 radical (unpaired) electrons. The highest BCUT2D eigenvalue weighted by atomic mass is 16.5. The summed E-state index contributed by atoms with van der Waals surface area (Å²) in [5.74, 6) is 0. The van der Waals surface area contributed by atoms with Crippen LogP contribution in [0.3, 0.4) is 0 Å². The van der Waals surface area contributed by atoms with E-state index in [-0.39, 0.29) is 5.60 Å². The van der Waals surface area contributed by atoms with Crippen molar-refractivity contribution in [2.45, 2.75) is 25.4 Å². The second-order valence-electron chi connectivity index (χ2n) is 4.60. The number of piperidine rings is 1. The Kier molecular flexibility index (Phi) is 3.62. The van der Waals surface area contributed by atoms with Crippen molar-refractivity contribution in [3.05, 3.63) is 35.9 Å². The Labute approximate surface area is 98.2 Å². The molecule has 88 valence electrons. The minimum Gasteiger partial charge on any atom is -0.370 e. The van der Waals surface area contributed by atoms with Crippen LogP contribution in [0.1, 0.15) is 25.3 Å². The number of ether oxygens (including phenoxy) is 1. The molecule has 1 aromatic rings. The first kappa shape index (κ1) is 11.6. The molecule has 0 unspecified atom stereocenters. The molecule has 16 heavy (non-hydrogen) atoms. The summed E-state index contributed by atoms with van der Waals surface area (Å²) in [6.07, 6.45) is 2.20. The zero-order valence-corrected chi connectivity index (χ0v) is 10.3. The minimum atomic E-state index is -0.0392. The van der Waals surface area contributed by atoms with E-state index in [0.29, 0.717) is 0 Å². The molecule has 0 aromatic heterocycles. The third-order valence-corrected chi connectivity index (χ3v) is 3.52. The molecule has 1 fully saturated rings. The fourth-order valence-electron chi connectivity index (χ4n) is 2.51. The average Bonchev–Trinajstić information content (AvgIpc) is 2.34. The van der Waals surface area contributed by atoms with Gasteiger partial charge in [0.1, 0.15) is 0 Å². The van der Waals surface area contributed by atoms with E-state index in [9.17, 15) is 0 Å². The van der Waals surface area contributed by atoms with Crippen molar-refractivity contribution in [3.63, 3.8) is 0 Å². The first-order valence-electron chi connectivity index (χ1n) is 6.15. The number of hydrogen-bond donors (Lipinski definition) is 0. The van der Waals surface area contributed by atoms with Crippen LogP contribution in [0.2, 0.25) is 0 Å². The van der Waals surface area contributed by atoms with Gasteiger partial charge < -0.3 is 9.64 Å². The molecule has 0 N–H and O–H groups in total. The summed E-state index contributed by atoms with van der Waals surface area (Å²) in [7, 11) is 2.18. The lowest BCUT2D eigenvalue weighted by molar-refractivity contribution is -0.0818. The Morgan fingerprint density at radius 1 is 1.19 bits per heavy atom. The van der Waals surface area contributed by atoms with Gasteiger partial charge in [0.15, 0.2) is 0 Å². The van der Waals surface area contributed by atoms with E-state index in [1.807, 2.05) is 0 Å². The highest BCUT2D eigenvalue weighted by Crippen LogP contribution is 2.36. The van der Waals surface area contributed by atoms with Gasteiger partial charge in [0.25, 0.3) is 0 Å². The van der Waals surface area contributed by atoms with E-state index in [1.54, 1.807) is 0 Å². The SMILES string of the molecule is CCOC1(c2ccccc2)CCN(C)CC1. The number of hydrogen-bond acceptors (Lipinski definition) is 2. The van der Waals surface area contributed by atoms with Crippen LogP contribution in [-0.2, 0) is 10.3 Å². The molecule has 1 aromatic carbocycles. The lowest BCUT2D eigenvalue weighted by Crippen LogP contribution is -2.42. The second-order valence-corrected chi connectivity index (χ2v) is 4.60. The van der Waals surface area contributed by atoms with Gasteiger partial charge >= 0.3 is 0 Å². The molecule has 2 rings (SSSR count). The predicted molar refractivity (Wildman–Crippen MR) is 66.5 cm³/mol. The number of rotatable bonds is 3. The molecule has 1 heterocycles. The summed E-state index contributed by atoms with van der Waals surface area (Å²) in [5, 5.41) is 0. The molecule has 1 saturated heterocycles. The first-order chi connectivity index (χ1) is 7.77. The van der Waals surface area contributed by atoms with Crippen molar-refractivity contribution < 1.29 is 4.74 Å². The highest BCUT2D eigenvalue weighted by molar-refractivity contribution is 5.23. The van der Waals surface area contributed by atoms with Crippen molar-refractivity contribution in [3.8, 4) is 0 Å². The van der Waals surface area contributed by atoms with Crippen LogP contribution in [-0.4, -0.2) is 31.6 Å². The molecule has 1 aliphatic heterocycles. The predicted octanol–water partition coefficient (Wildman–Crippen LogP) is 2.64. The number of nitrogens with zero attached hydrogens (tertiary/aromatic N) is 1. The normalized spacial score (nSPS) is 20.9. The average molecular weight is 219 g/mol. The second kappa shape index (κ2) is 4.98. The molecule has 2 nitrogen and oxygen atoms in total. The fraction of sp³-hybridized carbons (Fsp3) is 0.571. The van der Waals surface area contributed by atoms with Gasteiger partial charge in [0, 0.05) is 19.7 Å². The van der Waals surface area contributed by atoms with Crippen LogP contribution in [0.4, 0.5) is 0 Å². The zero-order valence-electron chi connectivity index (χ0n) is 10.3. The molecule has 0 saturated carbocycles. The van der Waals surface area contributed by atoms with E-state index in [4.69, 9.17) is 4.74 Å². The molecule has 1 aliphatic rings. The molecule has 0 atom stereocenters. The zero-order chi connectivity index (χ0) is 11.4. The summed E-state index contributed by atoms with van der Waals surface area (Å²) < 4.78 is 6.08. The van der Waals surface area contributed by atoms with Crippen molar-refractivity contribution in [1.29, 1.82) is 0 Å². The van der Waals surface area contributed by atoms with Crippen LogP contribution in [0.15, 0.2) is 30.3 Å². The maximum Gasteiger partial charge on any atom is 0.0955 e. The topological polar surface area (TPSA) is 12.5 Å². The first-order valence-corrected chi connectivity index (χ1v) is 6.15. The highest BCUT2D eigenvalue weighted by Gasteiger charge is 2.35. The molecule has 2 heteroatoms. The van der Waals surface area contributed by atoms with Crippen LogP contribution < -0.4 is 0 Å². The molecular formula is C14H21NO. The Balaban J connectivity index is 2.22. The summed E-state index contributed by atoms with van der Waals surface area (Å²) >= 11 is 0. The van der Waals surface area contributed by atoms with Crippen molar-refractivity contribution in [2.24, 2.45) is 0 Å². The van der Waals surface area contributed by atoms with Gasteiger partial charge in [-0.25, -0.2) is 0 Å². The fourth-order valence-corrected chi connectivity index (χ4v) is 2.51. The van der Waals surface area contributed by atoms with Crippen molar-refractivity contribution in [1.82, 2.24) is 4.90 Å². The summed E-state index contributed by atoms with van der Waals surface area (Å²) in [4.78, 5) is 2.38. The summed E-state index contributed by atoms with van der Waals surface area (Å²) in [6, 6.07) is 10.7. The van der Waals surface area contributed by atoms with Gasteiger partial charge in [-0.15, -0.1) is 0 Å². The van der Waals surface area contributed by atoms with E-state index in [0.717, 1.165) is 32.5 Å². The lowest BCUT2D eigenvalue weighted by atomic mass is 9.84. The Hall–Kier alpha value is -0.860. The monoisotopic (exact) mass is 219 g/mol. The number of benzene rings is 1. The molecule has 0 amide bonds. The molecule has 0 spiro atoms. The van der Waals surface area contributed by atoms with Gasteiger partial charge in [-0.05, 0) is 32.4 Å². The van der Waals surface area contributed by atoms with Crippen LogP contribution >= 0.6 is 0 Å². The van der Waals surface area contributed by atoms with Crippen LogP contribution in [0.5, 0.6) is 0 Å². The molecule has 0 bridgehead atoms. The third kappa shape index (κ3) is 2.28. The van der Waals surface area contributed by atoms with E-state index in [1.165, 1.54) is 5.56 Å². The van der Waals surface area contributed by atoms with Crippen molar-refractivity contribution >= 4 is 0 Å². The van der Waals surface area contributed by atoms with Gasteiger partial charge in [0.2, 0.25) is 0 Å². The molecular weight excluding hydrogens is 198 g/mol. The Bertz CT molecular complexity index is 315. The van der Waals surface area contributed by atoms with E-state index < -0.39 is 0 Å². The Morgan fingerprint density at radius 2 is 1.81 bits per heavy atom. The lowest BCUT2D eigenvalue weighted by Gasteiger charge is -2.40. The maximum atomic E-state index is 6.08. The number of likely N-dealkylation sites (tertiary alicyclic amines) is 1. The van der Waals surface area contributed by atoms with Gasteiger partial charge in [0.05, 0.1) is 5.60 Å². The maximum absolute atomic E-state index is 6.08. The summed E-state index contributed by atoms with van der Waals surface area (Å²) in [6.45, 7) is 5.12. The quantitative estimate of drug-likeness (QED) is 0.775. The summed E-state index contributed by atoms with van der Waals surface area (Å²) in [5.41, 5.74) is 1.30. The smallest absolute Gasteiger partial charge is 0.0955 e. The van der Waals surface area contributed by atoms with Gasteiger partial charge in [-0.2, -0.15) is 0 Å². The van der Waals surface area contributed by atoms with Gasteiger partial charge in [-0.1, -0.05) is 30.3 Å². The minimum absolute atomic E-state index is 0.0392. The third-order valence-electron chi connectivity index (χ3n) is 3.52. The van der Waals surface area contributed by atoms with Crippen LogP contribution in [0, 0.1) is 0 Å². The van der Waals surface area contributed by atoms with E-state index >= 15 is 0 Å². The molecule has 0 aliphatic carbocycles. The van der Waals surface area contributed by atoms with Crippen LogP contribution in [0.25, 0.3) is 0 Å². The largest absolute Gasteiger partial charge is 0.370 e. The van der Waals surface area contributed by atoms with Gasteiger partial charge in [-0.3, -0.25) is 0 Å². The van der Waals surface area contributed by atoms with Crippen molar-refractivity contribution in [2.75, 3.05) is 26.7 Å². The van der Waals surface area contributed by atoms with E-state index in [2.05, 4.69) is 49.2 Å². The standard InChI is InChI=1S/C14H21NO/c1-3-16-14(9-11-15(2)12-10-14)13-7-5-4-6-8-13/h4-8H,3,9-12H2,1-2H3. The Morgan fingerprint density at radius 3 is 2.38 bits per heavy atom.